The van der Waals surface area contributed by atoms with Crippen LogP contribution in [0.1, 0.15) is 5.56 Å². The maximum atomic E-state index is 12.7. The summed E-state index contributed by atoms with van der Waals surface area (Å²) in [6.45, 7) is 0. The summed E-state index contributed by atoms with van der Waals surface area (Å²) in [5, 5.41) is 2.56. The predicted octanol–water partition coefficient (Wildman–Crippen LogP) is 3.95. The lowest BCUT2D eigenvalue weighted by Crippen LogP contribution is -2.08. The summed E-state index contributed by atoms with van der Waals surface area (Å²) in [6.07, 6.45) is -4.43. The van der Waals surface area contributed by atoms with E-state index < -0.39 is 11.7 Å². The van der Waals surface area contributed by atoms with E-state index in [2.05, 4.69) is 14.1 Å². The number of halogens is 4. The van der Waals surface area contributed by atoms with Crippen molar-refractivity contribution in [2.75, 3.05) is 5.32 Å². The van der Waals surface area contributed by atoms with Gasteiger partial charge >= 0.3 is 6.18 Å². The third-order valence-electron chi connectivity index (χ3n) is 1.93. The number of alkyl halides is 3. The van der Waals surface area contributed by atoms with Crippen LogP contribution in [-0.4, -0.2) is 8.75 Å². The molecule has 0 aliphatic carbocycles. The molecule has 1 heterocycles. The van der Waals surface area contributed by atoms with Gasteiger partial charge in [-0.1, -0.05) is 23.7 Å². The number of benzene rings is 1. The molecular formula is C9H5ClF3N3S. The summed E-state index contributed by atoms with van der Waals surface area (Å²) in [4.78, 5) is 0. The average molecular weight is 280 g/mol. The van der Waals surface area contributed by atoms with Crippen LogP contribution < -0.4 is 5.32 Å². The van der Waals surface area contributed by atoms with Crippen LogP contribution in [0.5, 0.6) is 0 Å². The van der Waals surface area contributed by atoms with Crippen molar-refractivity contribution in [2.45, 2.75) is 6.18 Å². The Bertz CT molecular complexity index is 526. The minimum Gasteiger partial charge on any atom is -0.336 e. The van der Waals surface area contributed by atoms with Crippen molar-refractivity contribution in [3.8, 4) is 0 Å². The zero-order valence-electron chi connectivity index (χ0n) is 8.12. The summed E-state index contributed by atoms with van der Waals surface area (Å²) in [5.74, 6) is 0.119. The number of hydrogen-bond acceptors (Lipinski definition) is 4. The lowest BCUT2D eigenvalue weighted by Gasteiger charge is -2.12. The van der Waals surface area contributed by atoms with Crippen LogP contribution in [0.25, 0.3) is 0 Å². The highest BCUT2D eigenvalue weighted by molar-refractivity contribution is 6.99. The highest BCUT2D eigenvalue weighted by Gasteiger charge is 2.33. The van der Waals surface area contributed by atoms with E-state index in [0.717, 1.165) is 17.8 Å². The summed E-state index contributed by atoms with van der Waals surface area (Å²) in [6, 6.07) is 5.09. The van der Waals surface area contributed by atoms with Crippen LogP contribution in [0.2, 0.25) is 5.15 Å². The number of nitrogens with zero attached hydrogens (tertiary/aromatic N) is 2. The van der Waals surface area contributed by atoms with Gasteiger partial charge in [0.1, 0.15) is 0 Å². The van der Waals surface area contributed by atoms with E-state index in [-0.39, 0.29) is 16.7 Å². The van der Waals surface area contributed by atoms with Crippen LogP contribution in [-0.2, 0) is 6.18 Å². The molecule has 0 spiro atoms. The molecule has 2 aromatic rings. The lowest BCUT2D eigenvalue weighted by molar-refractivity contribution is -0.136. The number of aromatic nitrogens is 2. The predicted molar refractivity (Wildman–Crippen MR) is 59.6 cm³/mol. The van der Waals surface area contributed by atoms with E-state index in [1.807, 2.05) is 0 Å². The quantitative estimate of drug-likeness (QED) is 0.904. The number of rotatable bonds is 2. The topological polar surface area (TPSA) is 37.8 Å². The Morgan fingerprint density at radius 2 is 1.88 bits per heavy atom. The summed E-state index contributed by atoms with van der Waals surface area (Å²) < 4.78 is 45.4. The molecule has 2 rings (SSSR count). The van der Waals surface area contributed by atoms with Crippen LogP contribution in [0.15, 0.2) is 24.3 Å². The fourth-order valence-corrected chi connectivity index (χ4v) is 1.86. The Kier molecular flexibility index (Phi) is 3.21. The van der Waals surface area contributed by atoms with Gasteiger partial charge in [0.25, 0.3) is 0 Å². The molecule has 1 aromatic carbocycles. The van der Waals surface area contributed by atoms with Gasteiger partial charge in [0.05, 0.1) is 23.0 Å². The van der Waals surface area contributed by atoms with E-state index in [9.17, 15) is 13.2 Å². The Hall–Kier alpha value is -1.34. The van der Waals surface area contributed by atoms with Crippen molar-refractivity contribution in [3.63, 3.8) is 0 Å². The van der Waals surface area contributed by atoms with Gasteiger partial charge in [0, 0.05) is 0 Å². The van der Waals surface area contributed by atoms with Crippen LogP contribution >= 0.6 is 23.3 Å². The number of hydrogen-bond donors (Lipinski definition) is 1. The fraction of sp³-hybridized carbons (Fsp3) is 0.111. The molecule has 0 saturated heterocycles. The number of para-hydroxylation sites is 1. The maximum absolute atomic E-state index is 12.7. The molecule has 1 N–H and O–H groups in total. The average Bonchev–Trinajstić information content (AvgIpc) is 2.64. The van der Waals surface area contributed by atoms with Gasteiger partial charge < -0.3 is 5.32 Å². The molecule has 0 aliphatic heterocycles. The minimum atomic E-state index is -4.43. The standard InChI is InChI=1S/C9H5ClF3N3S/c10-7-8(16-17-15-7)14-6-4-2-1-3-5(6)9(11,12)13/h1-4H,(H,14,16). The van der Waals surface area contributed by atoms with Crippen molar-refractivity contribution in [1.29, 1.82) is 0 Å². The van der Waals surface area contributed by atoms with Crippen LogP contribution in [0.4, 0.5) is 24.7 Å². The van der Waals surface area contributed by atoms with E-state index in [4.69, 9.17) is 11.6 Å². The fourth-order valence-electron chi connectivity index (χ4n) is 1.22. The first-order valence-electron chi connectivity index (χ1n) is 4.40. The second-order valence-corrected chi connectivity index (χ2v) is 3.96. The molecule has 0 saturated carbocycles. The lowest BCUT2D eigenvalue weighted by atomic mass is 10.1. The highest BCUT2D eigenvalue weighted by Crippen LogP contribution is 2.36. The first-order chi connectivity index (χ1) is 7.98. The Balaban J connectivity index is 2.37. The van der Waals surface area contributed by atoms with Crippen LogP contribution in [0, 0.1) is 0 Å². The first-order valence-corrected chi connectivity index (χ1v) is 5.50. The second kappa shape index (κ2) is 4.50. The summed E-state index contributed by atoms with van der Waals surface area (Å²) in [5.41, 5.74) is -0.876. The molecule has 0 bridgehead atoms. The zero-order valence-corrected chi connectivity index (χ0v) is 9.70. The molecule has 1 aromatic heterocycles. The Morgan fingerprint density at radius 1 is 1.18 bits per heavy atom. The van der Waals surface area contributed by atoms with Gasteiger partial charge in [-0.25, -0.2) is 0 Å². The number of anilines is 2. The van der Waals surface area contributed by atoms with Gasteiger partial charge in [0.2, 0.25) is 0 Å². The van der Waals surface area contributed by atoms with E-state index in [1.54, 1.807) is 0 Å². The molecule has 0 unspecified atom stereocenters. The number of nitrogens with one attached hydrogen (secondary N) is 1. The molecule has 0 amide bonds. The molecule has 8 heteroatoms. The molecule has 3 nitrogen and oxygen atoms in total. The van der Waals surface area contributed by atoms with Crippen molar-refractivity contribution in [1.82, 2.24) is 8.75 Å². The van der Waals surface area contributed by atoms with Crippen molar-refractivity contribution in [3.05, 3.63) is 35.0 Å². The SMILES string of the molecule is FC(F)(F)c1ccccc1Nc1nsnc1Cl. The monoisotopic (exact) mass is 279 g/mol. The minimum absolute atomic E-state index is 0.0481. The maximum Gasteiger partial charge on any atom is 0.418 e. The molecule has 90 valence electrons. The zero-order chi connectivity index (χ0) is 12.5. The third kappa shape index (κ3) is 2.67. The first kappa shape index (κ1) is 12.1. The van der Waals surface area contributed by atoms with Crippen LogP contribution in [0.3, 0.4) is 0 Å². The highest BCUT2D eigenvalue weighted by atomic mass is 35.5. The van der Waals surface area contributed by atoms with Gasteiger partial charge in [-0.3, -0.25) is 0 Å². The molecule has 0 aliphatic rings. The van der Waals surface area contributed by atoms with E-state index in [0.29, 0.717) is 0 Å². The third-order valence-corrected chi connectivity index (χ3v) is 2.83. The van der Waals surface area contributed by atoms with Crippen molar-refractivity contribution >= 4 is 34.8 Å². The van der Waals surface area contributed by atoms with Gasteiger partial charge in [-0.2, -0.15) is 21.9 Å². The molecule has 0 fully saturated rings. The van der Waals surface area contributed by atoms with Gasteiger partial charge in [-0.15, -0.1) is 0 Å². The largest absolute Gasteiger partial charge is 0.418 e. The molecule has 17 heavy (non-hydrogen) atoms. The Labute approximate surface area is 104 Å². The Morgan fingerprint density at radius 3 is 2.47 bits per heavy atom. The summed E-state index contributed by atoms with van der Waals surface area (Å²) in [7, 11) is 0. The second-order valence-electron chi connectivity index (χ2n) is 3.07. The van der Waals surface area contributed by atoms with E-state index in [1.165, 1.54) is 18.2 Å². The summed E-state index contributed by atoms with van der Waals surface area (Å²) >= 11 is 6.47. The van der Waals surface area contributed by atoms with E-state index >= 15 is 0 Å². The smallest absolute Gasteiger partial charge is 0.336 e. The van der Waals surface area contributed by atoms with Gasteiger partial charge in [0.15, 0.2) is 11.0 Å². The van der Waals surface area contributed by atoms with Crippen molar-refractivity contribution < 1.29 is 13.2 Å². The molecular weight excluding hydrogens is 275 g/mol. The molecule has 0 atom stereocenters. The molecule has 0 radical (unpaired) electrons. The van der Waals surface area contributed by atoms with Crippen molar-refractivity contribution in [2.24, 2.45) is 0 Å². The normalized spacial score (nSPS) is 11.5. The van der Waals surface area contributed by atoms with Gasteiger partial charge in [-0.05, 0) is 12.1 Å².